The van der Waals surface area contributed by atoms with Gasteiger partial charge in [-0.15, -0.1) is 11.6 Å². The number of alkyl halides is 1. The molecule has 0 bridgehead atoms. The normalized spacial score (nSPS) is 11.1. The van der Waals surface area contributed by atoms with Crippen LogP contribution in [0.2, 0.25) is 0 Å². The van der Waals surface area contributed by atoms with Crippen LogP contribution in [-0.2, 0) is 19.4 Å². The van der Waals surface area contributed by atoms with Crippen LogP contribution in [0.15, 0.2) is 41.3 Å². The average Bonchev–Trinajstić information content (AvgIpc) is 2.83. The number of hydrogen-bond donors (Lipinski definition) is 0. The van der Waals surface area contributed by atoms with E-state index in [1.54, 1.807) is 12.4 Å². The summed E-state index contributed by atoms with van der Waals surface area (Å²) in [7, 11) is 0. The number of imidazole rings is 1. The summed E-state index contributed by atoms with van der Waals surface area (Å²) in [4.78, 5) is 13.3. The number of aryl methyl sites for hydroxylation is 3. The number of hydrogen-bond acceptors (Lipinski definition) is 3. The third-order valence-electron chi connectivity index (χ3n) is 3.30. The van der Waals surface area contributed by atoms with Crippen molar-refractivity contribution in [1.82, 2.24) is 19.5 Å². The lowest BCUT2D eigenvalue weighted by Gasteiger charge is -2.07. The molecule has 0 amide bonds. The quantitative estimate of drug-likeness (QED) is 0.649. The van der Waals surface area contributed by atoms with Gasteiger partial charge < -0.3 is 4.57 Å². The maximum atomic E-state index is 5.89. The lowest BCUT2D eigenvalue weighted by atomic mass is 10.2. The van der Waals surface area contributed by atoms with E-state index in [1.807, 2.05) is 18.3 Å². The Hall–Kier alpha value is -1.46. The van der Waals surface area contributed by atoms with E-state index in [-0.39, 0.29) is 0 Å². The smallest absolute Gasteiger partial charge is 0.160 e. The lowest BCUT2D eigenvalue weighted by Crippen LogP contribution is -2.07. The second-order valence-electron chi connectivity index (χ2n) is 4.73. The predicted molar refractivity (Wildman–Crippen MR) is 87.6 cm³/mol. The monoisotopic (exact) mass is 364 g/mol. The first-order chi connectivity index (χ1) is 10.3. The maximum absolute atomic E-state index is 5.89. The van der Waals surface area contributed by atoms with Crippen LogP contribution in [-0.4, -0.2) is 25.4 Å². The minimum atomic E-state index is 0.553. The molecule has 21 heavy (non-hydrogen) atoms. The molecule has 3 aromatic rings. The molecular weight excluding hydrogens is 352 g/mol. The van der Waals surface area contributed by atoms with E-state index in [9.17, 15) is 0 Å². The van der Waals surface area contributed by atoms with Crippen molar-refractivity contribution in [2.75, 3.05) is 5.88 Å². The highest BCUT2D eigenvalue weighted by molar-refractivity contribution is 9.10. The van der Waals surface area contributed by atoms with Crippen molar-refractivity contribution in [2.45, 2.75) is 19.4 Å². The zero-order valence-electron chi connectivity index (χ0n) is 11.3. The van der Waals surface area contributed by atoms with Crippen molar-refractivity contribution in [3.8, 4) is 0 Å². The Bertz CT molecular complexity index is 742. The first kappa shape index (κ1) is 14.5. The van der Waals surface area contributed by atoms with Gasteiger partial charge >= 0.3 is 0 Å². The average molecular weight is 366 g/mol. The van der Waals surface area contributed by atoms with Gasteiger partial charge in [0.1, 0.15) is 11.3 Å². The van der Waals surface area contributed by atoms with Gasteiger partial charge in [0.15, 0.2) is 5.65 Å². The largest absolute Gasteiger partial charge is 0.312 e. The van der Waals surface area contributed by atoms with Gasteiger partial charge in [0.05, 0.1) is 0 Å². The zero-order chi connectivity index (χ0) is 14.7. The number of pyridine rings is 2. The SMILES string of the molecule is ClCCc1nc2cc(Br)cnc2n1CCc1cccnc1. The summed E-state index contributed by atoms with van der Waals surface area (Å²) in [6, 6.07) is 6.02. The molecule has 0 aromatic carbocycles. The van der Waals surface area contributed by atoms with E-state index >= 15 is 0 Å². The van der Waals surface area contributed by atoms with Gasteiger partial charge in [-0.1, -0.05) is 6.07 Å². The lowest BCUT2D eigenvalue weighted by molar-refractivity contribution is 0.668. The first-order valence-electron chi connectivity index (χ1n) is 6.73. The number of rotatable bonds is 5. The van der Waals surface area contributed by atoms with E-state index in [4.69, 9.17) is 11.6 Å². The second kappa shape index (κ2) is 6.54. The summed E-state index contributed by atoms with van der Waals surface area (Å²) in [6.45, 7) is 0.822. The van der Waals surface area contributed by atoms with Crippen LogP contribution in [0.3, 0.4) is 0 Å². The minimum absolute atomic E-state index is 0.553. The molecule has 3 heterocycles. The Kier molecular flexibility index (Phi) is 4.51. The van der Waals surface area contributed by atoms with Crippen LogP contribution < -0.4 is 0 Å². The molecule has 0 fully saturated rings. The molecule has 0 radical (unpaired) electrons. The Morgan fingerprint density at radius 1 is 1.24 bits per heavy atom. The van der Waals surface area contributed by atoms with Gasteiger partial charge in [-0.2, -0.15) is 0 Å². The molecule has 0 spiro atoms. The fourth-order valence-corrected chi connectivity index (χ4v) is 2.82. The molecule has 6 heteroatoms. The predicted octanol–water partition coefficient (Wildman–Crippen LogP) is 3.61. The maximum Gasteiger partial charge on any atom is 0.160 e. The minimum Gasteiger partial charge on any atom is -0.312 e. The van der Waals surface area contributed by atoms with Crippen LogP contribution in [0.1, 0.15) is 11.4 Å². The highest BCUT2D eigenvalue weighted by Gasteiger charge is 2.12. The number of aromatic nitrogens is 4. The van der Waals surface area contributed by atoms with Gasteiger partial charge in [-0.25, -0.2) is 9.97 Å². The molecule has 0 unspecified atom stereocenters. The standard InChI is InChI=1S/C15H14BrClN4/c16-12-8-13-15(19-10-12)21(14(20-13)3-5-17)7-4-11-2-1-6-18-9-11/h1-2,6,8-10H,3-5,7H2. The highest BCUT2D eigenvalue weighted by atomic mass is 79.9. The van der Waals surface area contributed by atoms with E-state index in [1.165, 1.54) is 5.56 Å². The fraction of sp³-hybridized carbons (Fsp3) is 0.267. The van der Waals surface area contributed by atoms with Gasteiger partial charge in [0.2, 0.25) is 0 Å². The molecule has 0 saturated heterocycles. The van der Waals surface area contributed by atoms with Crippen molar-refractivity contribution in [3.63, 3.8) is 0 Å². The van der Waals surface area contributed by atoms with Gasteiger partial charge in [-0.3, -0.25) is 4.98 Å². The number of nitrogens with zero attached hydrogens (tertiary/aromatic N) is 4. The Morgan fingerprint density at radius 2 is 2.14 bits per heavy atom. The summed E-state index contributed by atoms with van der Waals surface area (Å²) >= 11 is 9.33. The van der Waals surface area contributed by atoms with Crippen molar-refractivity contribution >= 4 is 38.7 Å². The van der Waals surface area contributed by atoms with Crippen LogP contribution in [0.4, 0.5) is 0 Å². The van der Waals surface area contributed by atoms with Crippen LogP contribution in [0, 0.1) is 0 Å². The molecule has 4 nitrogen and oxygen atoms in total. The van der Waals surface area contributed by atoms with Crippen LogP contribution in [0.5, 0.6) is 0 Å². The first-order valence-corrected chi connectivity index (χ1v) is 8.06. The molecule has 0 aliphatic heterocycles. The summed E-state index contributed by atoms with van der Waals surface area (Å²) in [6.07, 6.45) is 7.11. The van der Waals surface area contributed by atoms with E-state index in [2.05, 4.69) is 41.5 Å². The van der Waals surface area contributed by atoms with Crippen molar-refractivity contribution in [1.29, 1.82) is 0 Å². The van der Waals surface area contributed by atoms with E-state index in [0.717, 1.165) is 40.8 Å². The van der Waals surface area contributed by atoms with E-state index < -0.39 is 0 Å². The molecule has 0 aliphatic carbocycles. The molecule has 3 aromatic heterocycles. The molecule has 108 valence electrons. The third kappa shape index (κ3) is 3.24. The zero-order valence-corrected chi connectivity index (χ0v) is 13.7. The molecule has 3 rings (SSSR count). The Balaban J connectivity index is 1.93. The Labute approximate surface area is 136 Å². The van der Waals surface area contributed by atoms with Crippen LogP contribution in [0.25, 0.3) is 11.2 Å². The third-order valence-corrected chi connectivity index (χ3v) is 3.92. The highest BCUT2D eigenvalue weighted by Crippen LogP contribution is 2.19. The fourth-order valence-electron chi connectivity index (χ4n) is 2.33. The van der Waals surface area contributed by atoms with Gasteiger partial charge in [0, 0.05) is 41.9 Å². The van der Waals surface area contributed by atoms with Crippen LogP contribution >= 0.6 is 27.5 Å². The topological polar surface area (TPSA) is 43.6 Å². The summed E-state index contributed by atoms with van der Waals surface area (Å²) in [5.41, 5.74) is 3.01. The number of fused-ring (bicyclic) bond motifs is 1. The molecule has 0 atom stereocenters. The molecular formula is C15H14BrClN4. The summed E-state index contributed by atoms with van der Waals surface area (Å²) in [5.74, 6) is 1.53. The van der Waals surface area contributed by atoms with Gasteiger partial charge in [-0.05, 0) is 40.0 Å². The number of halogens is 2. The molecule has 0 aliphatic rings. The van der Waals surface area contributed by atoms with E-state index in [0.29, 0.717) is 5.88 Å². The molecule has 0 saturated carbocycles. The van der Waals surface area contributed by atoms with Crippen molar-refractivity contribution < 1.29 is 0 Å². The van der Waals surface area contributed by atoms with Crippen molar-refractivity contribution in [2.24, 2.45) is 0 Å². The van der Waals surface area contributed by atoms with Gasteiger partial charge in [0.25, 0.3) is 0 Å². The second-order valence-corrected chi connectivity index (χ2v) is 6.02. The summed E-state index contributed by atoms with van der Waals surface area (Å²) in [5, 5.41) is 0. The summed E-state index contributed by atoms with van der Waals surface area (Å²) < 4.78 is 3.08. The Morgan fingerprint density at radius 3 is 2.90 bits per heavy atom. The van der Waals surface area contributed by atoms with Crippen molar-refractivity contribution in [3.05, 3.63) is 52.7 Å². The molecule has 0 N–H and O–H groups in total.